The number of sulfone groups is 2. The van der Waals surface area contributed by atoms with Crippen LogP contribution in [-0.2, 0) is 26.2 Å². The van der Waals surface area contributed by atoms with Crippen LogP contribution in [0.5, 0.6) is 0 Å². The molecule has 0 saturated carbocycles. The smallest absolute Gasteiger partial charge is 0.468 e. The van der Waals surface area contributed by atoms with Crippen LogP contribution < -0.4 is 0 Å². The Bertz CT molecular complexity index is 704. The van der Waals surface area contributed by atoms with Crippen LogP contribution in [0, 0.1) is 0 Å². The summed E-state index contributed by atoms with van der Waals surface area (Å²) in [6.45, 7) is -2.00. The average molecular weight is 417 g/mol. The van der Waals surface area contributed by atoms with Crippen molar-refractivity contribution in [1.82, 2.24) is 4.90 Å². The Balaban J connectivity index is 2.84. The van der Waals surface area contributed by atoms with E-state index >= 15 is 0 Å². The summed E-state index contributed by atoms with van der Waals surface area (Å²) in [5.74, 6) is -2.74. The highest BCUT2D eigenvalue weighted by Gasteiger charge is 2.46. The van der Waals surface area contributed by atoms with E-state index < -0.39 is 55.3 Å². The van der Waals surface area contributed by atoms with Crippen molar-refractivity contribution in [2.24, 2.45) is 0 Å². The molecule has 0 saturated heterocycles. The zero-order chi connectivity index (χ0) is 19.5. The molecule has 0 unspecified atom stereocenters. The molecule has 0 aliphatic rings. The van der Waals surface area contributed by atoms with Crippen LogP contribution in [0.15, 0.2) is 22.8 Å². The van der Waals surface area contributed by atoms with Gasteiger partial charge in [-0.05, 0) is 12.1 Å². The van der Waals surface area contributed by atoms with Gasteiger partial charge in [0.15, 0.2) is 0 Å². The molecule has 14 heteroatoms. The predicted octanol–water partition coefficient (Wildman–Crippen LogP) is 1.95. The minimum Gasteiger partial charge on any atom is -0.468 e. The quantitative estimate of drug-likeness (QED) is 0.602. The molecule has 1 aromatic rings. The second-order valence-electron chi connectivity index (χ2n) is 4.88. The Morgan fingerprint density at radius 3 is 1.64 bits per heavy atom. The van der Waals surface area contributed by atoms with Crippen molar-refractivity contribution in [3.63, 3.8) is 0 Å². The van der Waals surface area contributed by atoms with E-state index in [0.717, 1.165) is 4.90 Å². The fourth-order valence-corrected chi connectivity index (χ4v) is 3.08. The van der Waals surface area contributed by atoms with Gasteiger partial charge in [-0.1, -0.05) is 0 Å². The molecule has 0 amide bonds. The van der Waals surface area contributed by atoms with Gasteiger partial charge >= 0.3 is 11.0 Å². The van der Waals surface area contributed by atoms with Gasteiger partial charge in [-0.2, -0.15) is 26.3 Å². The molecular weight excluding hydrogens is 404 g/mol. The molecule has 0 fully saturated rings. The summed E-state index contributed by atoms with van der Waals surface area (Å²) >= 11 is 0. The van der Waals surface area contributed by atoms with Crippen molar-refractivity contribution in [1.29, 1.82) is 0 Å². The topological polar surface area (TPSA) is 84.7 Å². The minimum absolute atomic E-state index is 0.119. The van der Waals surface area contributed by atoms with Gasteiger partial charge in [-0.25, -0.2) is 16.8 Å². The summed E-state index contributed by atoms with van der Waals surface area (Å²) in [6.07, 6.45) is 1.19. The molecule has 0 atom stereocenters. The van der Waals surface area contributed by atoms with Crippen LogP contribution >= 0.6 is 0 Å². The van der Waals surface area contributed by atoms with Crippen LogP contribution in [0.1, 0.15) is 5.76 Å². The molecule has 0 radical (unpaired) electrons. The van der Waals surface area contributed by atoms with Crippen LogP contribution in [-0.4, -0.2) is 57.3 Å². The predicted molar refractivity (Wildman–Crippen MR) is 73.7 cm³/mol. The number of nitrogens with zero attached hydrogens (tertiary/aromatic N) is 1. The number of rotatable bonds is 8. The normalized spacial score (nSPS) is 14.2. The standard InChI is InChI=1S/C11H13F6NO5S2/c12-10(13,14)24(19,20)6-3-18(8-9-2-1-5-23-9)4-7-25(21,22)11(15,16)17/h1-2,5H,3-4,6-8H2. The molecule has 1 aromatic heterocycles. The highest BCUT2D eigenvalue weighted by Crippen LogP contribution is 2.25. The zero-order valence-electron chi connectivity index (χ0n) is 12.3. The van der Waals surface area contributed by atoms with Crippen molar-refractivity contribution in [2.45, 2.75) is 17.6 Å². The fourth-order valence-electron chi connectivity index (χ4n) is 1.62. The third-order valence-electron chi connectivity index (χ3n) is 3.02. The number of hydrogen-bond donors (Lipinski definition) is 0. The molecule has 0 aliphatic carbocycles. The first-order valence-corrected chi connectivity index (χ1v) is 9.79. The Morgan fingerprint density at radius 1 is 0.880 bits per heavy atom. The second kappa shape index (κ2) is 7.53. The molecule has 0 N–H and O–H groups in total. The van der Waals surface area contributed by atoms with Crippen LogP contribution in [0.25, 0.3) is 0 Å². The number of alkyl halides is 6. The van der Waals surface area contributed by atoms with Crippen molar-refractivity contribution < 1.29 is 47.6 Å². The highest BCUT2D eigenvalue weighted by molar-refractivity contribution is 7.92. The Hall–Kier alpha value is -1.28. The maximum absolute atomic E-state index is 12.3. The molecule has 0 spiro atoms. The largest absolute Gasteiger partial charge is 0.497 e. The molecule has 1 heterocycles. The SMILES string of the molecule is O=S(=O)(CCN(CCS(=O)(=O)C(F)(F)F)Cc1ccco1)C(F)(F)F. The van der Waals surface area contributed by atoms with Crippen LogP contribution in [0.4, 0.5) is 26.3 Å². The molecule has 25 heavy (non-hydrogen) atoms. The Morgan fingerprint density at radius 2 is 1.32 bits per heavy atom. The fraction of sp³-hybridized carbons (Fsp3) is 0.636. The molecule has 146 valence electrons. The van der Waals surface area contributed by atoms with Crippen molar-refractivity contribution in [3.05, 3.63) is 24.2 Å². The van der Waals surface area contributed by atoms with E-state index in [1.165, 1.54) is 18.4 Å². The zero-order valence-corrected chi connectivity index (χ0v) is 14.0. The van der Waals surface area contributed by atoms with Crippen molar-refractivity contribution in [2.75, 3.05) is 24.6 Å². The second-order valence-corrected chi connectivity index (χ2v) is 9.09. The van der Waals surface area contributed by atoms with Crippen LogP contribution in [0.2, 0.25) is 0 Å². The Kier molecular flexibility index (Phi) is 6.56. The number of halogens is 6. The molecule has 6 nitrogen and oxygen atoms in total. The van der Waals surface area contributed by atoms with Gasteiger partial charge in [-0.3, -0.25) is 4.90 Å². The monoisotopic (exact) mass is 417 g/mol. The maximum Gasteiger partial charge on any atom is 0.497 e. The first-order valence-electron chi connectivity index (χ1n) is 6.48. The molecule has 0 aromatic carbocycles. The summed E-state index contributed by atoms with van der Waals surface area (Å²) in [4.78, 5) is 0.825. The van der Waals surface area contributed by atoms with E-state index in [-0.39, 0.29) is 12.3 Å². The van der Waals surface area contributed by atoms with Crippen molar-refractivity contribution in [3.8, 4) is 0 Å². The van der Waals surface area contributed by atoms with Crippen LogP contribution in [0.3, 0.4) is 0 Å². The lowest BCUT2D eigenvalue weighted by Crippen LogP contribution is -2.38. The van der Waals surface area contributed by atoms with Gasteiger partial charge in [0.1, 0.15) is 5.76 Å². The van der Waals surface area contributed by atoms with Crippen molar-refractivity contribution >= 4 is 19.7 Å². The lowest BCUT2D eigenvalue weighted by Gasteiger charge is -2.21. The van der Waals surface area contributed by atoms with E-state index in [9.17, 15) is 43.2 Å². The van der Waals surface area contributed by atoms with Gasteiger partial charge < -0.3 is 4.42 Å². The van der Waals surface area contributed by atoms with Gasteiger partial charge in [0, 0.05) is 13.1 Å². The minimum atomic E-state index is -5.51. The van der Waals surface area contributed by atoms with Gasteiger partial charge in [0.05, 0.1) is 24.3 Å². The van der Waals surface area contributed by atoms with E-state index in [1.54, 1.807) is 0 Å². The summed E-state index contributed by atoms with van der Waals surface area (Å²) in [6, 6.07) is 2.75. The lowest BCUT2D eigenvalue weighted by molar-refractivity contribution is -0.0439. The maximum atomic E-state index is 12.3. The number of hydrogen-bond acceptors (Lipinski definition) is 6. The summed E-state index contributed by atoms with van der Waals surface area (Å²) in [7, 11) is -11.0. The third kappa shape index (κ3) is 6.18. The van der Waals surface area contributed by atoms with Gasteiger partial charge in [0.2, 0.25) is 19.7 Å². The third-order valence-corrected chi connectivity index (χ3v) is 5.87. The highest BCUT2D eigenvalue weighted by atomic mass is 32.2. The summed E-state index contributed by atoms with van der Waals surface area (Å²) in [5, 5.41) is 0. The van der Waals surface area contributed by atoms with Gasteiger partial charge in [-0.15, -0.1) is 0 Å². The van der Waals surface area contributed by atoms with E-state index in [4.69, 9.17) is 4.42 Å². The van der Waals surface area contributed by atoms with E-state index in [2.05, 4.69) is 0 Å². The molecule has 1 rings (SSSR count). The summed E-state index contributed by atoms with van der Waals surface area (Å²) in [5.41, 5.74) is -11.0. The first kappa shape index (κ1) is 21.8. The van der Waals surface area contributed by atoms with Gasteiger partial charge in [0.25, 0.3) is 0 Å². The first-order chi connectivity index (χ1) is 11.2. The number of furan rings is 1. The average Bonchev–Trinajstić information content (AvgIpc) is 2.92. The lowest BCUT2D eigenvalue weighted by atomic mass is 10.4. The van der Waals surface area contributed by atoms with E-state index in [0.29, 0.717) is 0 Å². The summed E-state index contributed by atoms with van der Waals surface area (Å²) < 4.78 is 123. The molecular formula is C11H13F6NO5S2. The van der Waals surface area contributed by atoms with E-state index in [1.807, 2.05) is 0 Å². The molecule has 0 aliphatic heterocycles. The molecule has 0 bridgehead atoms. The Labute approximate surface area is 139 Å².